The highest BCUT2D eigenvalue weighted by molar-refractivity contribution is 5.83. The van der Waals surface area contributed by atoms with Crippen molar-refractivity contribution in [3.63, 3.8) is 0 Å². The predicted molar refractivity (Wildman–Crippen MR) is 72.7 cm³/mol. The topological polar surface area (TPSA) is 92.2 Å². The van der Waals surface area contributed by atoms with Gasteiger partial charge in [0, 0.05) is 12.1 Å². The maximum Gasteiger partial charge on any atom is 0.402 e. The van der Waals surface area contributed by atoms with E-state index in [1.807, 2.05) is 0 Å². The van der Waals surface area contributed by atoms with Gasteiger partial charge in [0.05, 0.1) is 17.0 Å². The van der Waals surface area contributed by atoms with E-state index in [2.05, 4.69) is 0 Å². The lowest BCUT2D eigenvalue weighted by molar-refractivity contribution is 0.403. The van der Waals surface area contributed by atoms with Crippen LogP contribution in [0.1, 0.15) is 0 Å². The van der Waals surface area contributed by atoms with Gasteiger partial charge in [-0.1, -0.05) is 0 Å². The fourth-order valence-electron chi connectivity index (χ4n) is 1.98. The van der Waals surface area contributed by atoms with E-state index in [1.54, 1.807) is 6.07 Å². The van der Waals surface area contributed by atoms with Crippen molar-refractivity contribution in [1.82, 2.24) is 0 Å². The minimum absolute atomic E-state index is 0.0476. The van der Waals surface area contributed by atoms with Crippen molar-refractivity contribution in [1.29, 1.82) is 0 Å². The Kier molecular flexibility index (Phi) is 2.61. The van der Waals surface area contributed by atoms with Crippen molar-refractivity contribution in [2.75, 3.05) is 0 Å². The SMILES string of the molecule is Oc1ccc2cc(O)c(-c3ccc(O)c(O)c3)[o+]c2c1. The zero-order valence-electron chi connectivity index (χ0n) is 10.2. The Balaban J connectivity index is 2.24. The third-order valence-corrected chi connectivity index (χ3v) is 2.97. The molecule has 20 heavy (non-hydrogen) atoms. The molecule has 2 aromatic carbocycles. The fraction of sp³-hybridized carbons (Fsp3) is 0. The number of aromatic hydroxyl groups is 4. The van der Waals surface area contributed by atoms with Crippen LogP contribution in [0, 0.1) is 0 Å². The van der Waals surface area contributed by atoms with Gasteiger partial charge in [0.2, 0.25) is 5.75 Å². The van der Waals surface area contributed by atoms with Gasteiger partial charge in [-0.3, -0.25) is 0 Å². The first-order valence-corrected chi connectivity index (χ1v) is 5.86. The van der Waals surface area contributed by atoms with Crippen LogP contribution >= 0.6 is 0 Å². The monoisotopic (exact) mass is 271 g/mol. The predicted octanol–water partition coefficient (Wildman–Crippen LogP) is 3.20. The second-order valence-corrected chi connectivity index (χ2v) is 4.39. The first kappa shape index (κ1) is 12.1. The second kappa shape index (κ2) is 4.31. The van der Waals surface area contributed by atoms with Gasteiger partial charge in [-0.2, -0.15) is 0 Å². The Morgan fingerprint density at radius 1 is 0.700 bits per heavy atom. The van der Waals surface area contributed by atoms with Crippen molar-refractivity contribution < 1.29 is 24.8 Å². The molecule has 0 amide bonds. The summed E-state index contributed by atoms with van der Waals surface area (Å²) in [6, 6.07) is 10.1. The molecule has 100 valence electrons. The van der Waals surface area contributed by atoms with Crippen LogP contribution in [0.3, 0.4) is 0 Å². The molecule has 0 spiro atoms. The molecule has 5 heteroatoms. The molecule has 1 aromatic heterocycles. The van der Waals surface area contributed by atoms with Crippen LogP contribution in [0.25, 0.3) is 22.3 Å². The molecule has 5 nitrogen and oxygen atoms in total. The lowest BCUT2D eigenvalue weighted by Gasteiger charge is -1.99. The van der Waals surface area contributed by atoms with E-state index in [0.29, 0.717) is 16.5 Å². The van der Waals surface area contributed by atoms with Crippen molar-refractivity contribution in [2.24, 2.45) is 0 Å². The van der Waals surface area contributed by atoms with Crippen LogP contribution in [0.2, 0.25) is 0 Å². The van der Waals surface area contributed by atoms with Crippen molar-refractivity contribution in [3.05, 3.63) is 42.5 Å². The maximum absolute atomic E-state index is 9.99. The van der Waals surface area contributed by atoms with Gasteiger partial charge in [0.25, 0.3) is 0 Å². The highest BCUT2D eigenvalue weighted by atomic mass is 16.4. The van der Waals surface area contributed by atoms with E-state index in [0.717, 1.165) is 0 Å². The molecular weight excluding hydrogens is 260 g/mol. The summed E-state index contributed by atoms with van der Waals surface area (Å²) in [4.78, 5) is 0. The zero-order chi connectivity index (χ0) is 14.3. The van der Waals surface area contributed by atoms with Crippen LogP contribution in [0.5, 0.6) is 23.0 Å². The summed E-state index contributed by atoms with van der Waals surface area (Å²) in [5.74, 6) is -0.488. The van der Waals surface area contributed by atoms with Crippen LogP contribution in [-0.4, -0.2) is 20.4 Å². The van der Waals surface area contributed by atoms with Gasteiger partial charge >= 0.3 is 11.3 Å². The summed E-state index contributed by atoms with van der Waals surface area (Å²) in [6.45, 7) is 0. The Hall–Kier alpha value is -2.95. The van der Waals surface area contributed by atoms with E-state index in [9.17, 15) is 20.4 Å². The molecule has 0 bridgehead atoms. The average Bonchev–Trinajstić information content (AvgIpc) is 2.42. The number of hydrogen-bond donors (Lipinski definition) is 4. The number of rotatable bonds is 1. The fourth-order valence-corrected chi connectivity index (χ4v) is 1.98. The molecule has 0 aliphatic carbocycles. The molecule has 3 aromatic rings. The molecule has 0 aliphatic heterocycles. The molecule has 0 unspecified atom stereocenters. The third-order valence-electron chi connectivity index (χ3n) is 2.97. The van der Waals surface area contributed by atoms with Crippen molar-refractivity contribution in [2.45, 2.75) is 0 Å². The first-order valence-electron chi connectivity index (χ1n) is 5.86. The lowest BCUT2D eigenvalue weighted by atomic mass is 10.1. The molecule has 0 saturated carbocycles. The molecule has 0 atom stereocenters. The summed E-state index contributed by atoms with van der Waals surface area (Å²) >= 11 is 0. The standard InChI is InChI=1S/C15H10O5/c16-10-3-1-8-5-13(19)15(20-14(8)7-10)9-2-4-11(17)12(18)6-9/h1-7H,(H3-,16,17,18,19)/p+1. The van der Waals surface area contributed by atoms with Crippen LogP contribution < -0.4 is 0 Å². The summed E-state index contributed by atoms with van der Waals surface area (Å²) in [5.41, 5.74) is 0.799. The largest absolute Gasteiger partial charge is 0.508 e. The van der Waals surface area contributed by atoms with Gasteiger partial charge in [-0.15, -0.1) is 0 Å². The number of hydrogen-bond acceptors (Lipinski definition) is 4. The molecule has 0 radical (unpaired) electrons. The smallest absolute Gasteiger partial charge is 0.402 e. The van der Waals surface area contributed by atoms with Crippen LogP contribution in [-0.2, 0) is 0 Å². The molecule has 4 N–H and O–H groups in total. The molecule has 1 heterocycles. The van der Waals surface area contributed by atoms with Gasteiger partial charge in [0.15, 0.2) is 11.5 Å². The maximum atomic E-state index is 9.99. The minimum Gasteiger partial charge on any atom is -0.508 e. The zero-order valence-corrected chi connectivity index (χ0v) is 10.2. The molecule has 0 fully saturated rings. The minimum atomic E-state index is -0.312. The van der Waals surface area contributed by atoms with Crippen molar-refractivity contribution >= 4 is 11.0 Å². The quantitative estimate of drug-likeness (QED) is 0.403. The van der Waals surface area contributed by atoms with Gasteiger partial charge < -0.3 is 20.4 Å². The van der Waals surface area contributed by atoms with Gasteiger partial charge in [-0.25, -0.2) is 4.42 Å². The van der Waals surface area contributed by atoms with E-state index < -0.39 is 0 Å². The van der Waals surface area contributed by atoms with E-state index in [1.165, 1.54) is 36.4 Å². The molecule has 0 aliphatic rings. The number of phenolic OH excluding ortho intramolecular Hbond substituents is 3. The van der Waals surface area contributed by atoms with Gasteiger partial charge in [-0.05, 0) is 24.3 Å². The summed E-state index contributed by atoms with van der Waals surface area (Å²) in [6.07, 6.45) is 0. The normalized spacial score (nSPS) is 10.8. The highest BCUT2D eigenvalue weighted by Crippen LogP contribution is 2.37. The summed E-state index contributed by atoms with van der Waals surface area (Å²) < 4.78 is 5.55. The summed E-state index contributed by atoms with van der Waals surface area (Å²) in [5, 5.41) is 38.9. The van der Waals surface area contributed by atoms with Crippen LogP contribution in [0.15, 0.2) is 46.9 Å². The first-order chi connectivity index (χ1) is 9.54. The van der Waals surface area contributed by atoms with Gasteiger partial charge in [0.1, 0.15) is 5.75 Å². The number of benzene rings is 2. The average molecular weight is 271 g/mol. The third kappa shape index (κ3) is 1.95. The Morgan fingerprint density at radius 3 is 2.25 bits per heavy atom. The highest BCUT2D eigenvalue weighted by Gasteiger charge is 2.22. The molecule has 3 rings (SSSR count). The Morgan fingerprint density at radius 2 is 1.50 bits per heavy atom. The van der Waals surface area contributed by atoms with Crippen LogP contribution in [0.4, 0.5) is 0 Å². The molecule has 0 saturated heterocycles. The van der Waals surface area contributed by atoms with E-state index >= 15 is 0 Å². The van der Waals surface area contributed by atoms with E-state index in [4.69, 9.17) is 4.42 Å². The lowest BCUT2D eigenvalue weighted by Crippen LogP contribution is -1.82. The summed E-state index contributed by atoms with van der Waals surface area (Å²) in [7, 11) is 0. The Labute approximate surface area is 113 Å². The number of phenols is 3. The van der Waals surface area contributed by atoms with E-state index in [-0.39, 0.29) is 28.8 Å². The second-order valence-electron chi connectivity index (χ2n) is 4.39. The number of fused-ring (bicyclic) bond motifs is 1. The van der Waals surface area contributed by atoms with Crippen molar-refractivity contribution in [3.8, 4) is 34.3 Å². The Bertz CT molecular complexity index is 811. The molecular formula is C15H11O5+.